The molecular weight excluding hydrogens is 342 g/mol. The van der Waals surface area contributed by atoms with Gasteiger partial charge >= 0.3 is 0 Å². The van der Waals surface area contributed by atoms with Crippen molar-refractivity contribution >= 4 is 23.5 Å². The Morgan fingerprint density at radius 2 is 1.89 bits per heavy atom. The SMILES string of the molecule is COc1ccc(OC)c(/C=C/C(=O)N2CCCc3ccc(C(C)=O)cc32)c1. The van der Waals surface area contributed by atoms with Gasteiger partial charge in [0.15, 0.2) is 5.78 Å². The molecule has 2 aromatic rings. The van der Waals surface area contributed by atoms with E-state index in [1.54, 1.807) is 31.3 Å². The van der Waals surface area contributed by atoms with Crippen molar-refractivity contribution in [3.8, 4) is 11.5 Å². The number of carbonyl (C=O) groups excluding carboxylic acids is 2. The Hall–Kier alpha value is -3.08. The van der Waals surface area contributed by atoms with Crippen molar-refractivity contribution < 1.29 is 19.1 Å². The molecule has 1 aliphatic heterocycles. The largest absolute Gasteiger partial charge is 0.497 e. The summed E-state index contributed by atoms with van der Waals surface area (Å²) in [7, 11) is 3.18. The van der Waals surface area contributed by atoms with Crippen LogP contribution in [0.4, 0.5) is 5.69 Å². The Balaban J connectivity index is 1.89. The summed E-state index contributed by atoms with van der Waals surface area (Å²) in [6.45, 7) is 2.17. The van der Waals surface area contributed by atoms with Crippen LogP contribution in [-0.4, -0.2) is 32.5 Å². The fourth-order valence-corrected chi connectivity index (χ4v) is 3.24. The minimum absolute atomic E-state index is 0.00701. The van der Waals surface area contributed by atoms with E-state index in [1.807, 2.05) is 30.3 Å². The van der Waals surface area contributed by atoms with E-state index >= 15 is 0 Å². The van der Waals surface area contributed by atoms with Crippen LogP contribution in [0.1, 0.15) is 34.8 Å². The Morgan fingerprint density at radius 3 is 2.59 bits per heavy atom. The van der Waals surface area contributed by atoms with Crippen LogP contribution in [0.15, 0.2) is 42.5 Å². The van der Waals surface area contributed by atoms with Gasteiger partial charge in [0.2, 0.25) is 0 Å². The van der Waals surface area contributed by atoms with E-state index in [-0.39, 0.29) is 11.7 Å². The van der Waals surface area contributed by atoms with Gasteiger partial charge in [0.1, 0.15) is 11.5 Å². The lowest BCUT2D eigenvalue weighted by molar-refractivity contribution is -0.114. The molecular formula is C22H23NO4. The summed E-state index contributed by atoms with van der Waals surface area (Å²) >= 11 is 0. The number of nitrogens with zero attached hydrogens (tertiary/aromatic N) is 1. The number of ether oxygens (including phenoxy) is 2. The number of hydrogen-bond donors (Lipinski definition) is 0. The fraction of sp³-hybridized carbons (Fsp3) is 0.273. The van der Waals surface area contributed by atoms with Crippen LogP contribution in [0.25, 0.3) is 6.08 Å². The average molecular weight is 365 g/mol. The molecule has 1 amide bonds. The van der Waals surface area contributed by atoms with E-state index in [4.69, 9.17) is 9.47 Å². The quantitative estimate of drug-likeness (QED) is 0.596. The summed E-state index contributed by atoms with van der Waals surface area (Å²) in [4.78, 5) is 26.3. The molecule has 0 atom stereocenters. The van der Waals surface area contributed by atoms with Gasteiger partial charge in [-0.3, -0.25) is 9.59 Å². The molecule has 0 fully saturated rings. The topological polar surface area (TPSA) is 55.8 Å². The van der Waals surface area contributed by atoms with E-state index < -0.39 is 0 Å². The maximum absolute atomic E-state index is 12.9. The molecule has 0 radical (unpaired) electrons. The first-order chi connectivity index (χ1) is 13.0. The van der Waals surface area contributed by atoms with Crippen molar-refractivity contribution in [2.75, 3.05) is 25.7 Å². The van der Waals surface area contributed by atoms with Crippen molar-refractivity contribution in [2.45, 2.75) is 19.8 Å². The van der Waals surface area contributed by atoms with Gasteiger partial charge in [0, 0.05) is 29.4 Å². The third kappa shape index (κ3) is 4.03. The highest BCUT2D eigenvalue weighted by Gasteiger charge is 2.22. The van der Waals surface area contributed by atoms with Crippen LogP contribution in [0.3, 0.4) is 0 Å². The zero-order chi connectivity index (χ0) is 19.4. The van der Waals surface area contributed by atoms with Gasteiger partial charge in [-0.15, -0.1) is 0 Å². The van der Waals surface area contributed by atoms with Crippen LogP contribution in [-0.2, 0) is 11.2 Å². The van der Waals surface area contributed by atoms with Crippen molar-refractivity contribution in [2.24, 2.45) is 0 Å². The molecule has 0 spiro atoms. The van der Waals surface area contributed by atoms with Gasteiger partial charge < -0.3 is 14.4 Å². The van der Waals surface area contributed by atoms with E-state index in [2.05, 4.69) is 0 Å². The molecule has 0 bridgehead atoms. The molecule has 0 aromatic heterocycles. The molecule has 140 valence electrons. The van der Waals surface area contributed by atoms with Gasteiger partial charge in [-0.1, -0.05) is 12.1 Å². The van der Waals surface area contributed by atoms with Crippen LogP contribution in [0.5, 0.6) is 11.5 Å². The molecule has 0 unspecified atom stereocenters. The van der Waals surface area contributed by atoms with Crippen LogP contribution in [0.2, 0.25) is 0 Å². The number of benzene rings is 2. The number of amides is 1. The van der Waals surface area contributed by atoms with Crippen molar-refractivity contribution in [3.63, 3.8) is 0 Å². The van der Waals surface area contributed by atoms with Crippen molar-refractivity contribution in [1.29, 1.82) is 0 Å². The zero-order valence-electron chi connectivity index (χ0n) is 15.8. The van der Waals surface area contributed by atoms with Crippen LogP contribution in [0, 0.1) is 0 Å². The van der Waals surface area contributed by atoms with E-state index in [9.17, 15) is 9.59 Å². The summed E-state index contributed by atoms with van der Waals surface area (Å²) < 4.78 is 10.6. The second-order valence-corrected chi connectivity index (χ2v) is 6.43. The number of fused-ring (bicyclic) bond motifs is 1. The van der Waals surface area contributed by atoms with E-state index in [0.29, 0.717) is 23.6 Å². The standard InChI is InChI=1S/C22H23NO4/c1-15(24)17-7-6-16-5-4-12-23(20(16)14-17)22(25)11-8-18-13-19(26-2)9-10-21(18)27-3/h6-11,13-14H,4-5,12H2,1-3H3/b11-8+. The third-order valence-electron chi connectivity index (χ3n) is 4.72. The number of aryl methyl sites for hydroxylation is 1. The second-order valence-electron chi connectivity index (χ2n) is 6.43. The summed E-state index contributed by atoms with van der Waals surface area (Å²) in [5.74, 6) is 1.23. The highest BCUT2D eigenvalue weighted by Crippen LogP contribution is 2.29. The molecule has 1 aliphatic rings. The highest BCUT2D eigenvalue weighted by atomic mass is 16.5. The molecule has 3 rings (SSSR count). The molecule has 5 nitrogen and oxygen atoms in total. The second kappa shape index (κ2) is 8.08. The predicted molar refractivity (Wildman–Crippen MR) is 106 cm³/mol. The molecule has 0 saturated carbocycles. The molecule has 1 heterocycles. The third-order valence-corrected chi connectivity index (χ3v) is 4.72. The Bertz CT molecular complexity index is 901. The minimum Gasteiger partial charge on any atom is -0.497 e. The summed E-state index contributed by atoms with van der Waals surface area (Å²) in [6, 6.07) is 11.0. The van der Waals surface area contributed by atoms with Crippen LogP contribution < -0.4 is 14.4 Å². The maximum atomic E-state index is 12.9. The fourth-order valence-electron chi connectivity index (χ4n) is 3.24. The van der Waals surface area contributed by atoms with Gasteiger partial charge in [-0.2, -0.15) is 0 Å². The lowest BCUT2D eigenvalue weighted by Crippen LogP contribution is -2.34. The average Bonchev–Trinajstić information content (AvgIpc) is 2.70. The number of carbonyl (C=O) groups is 2. The number of ketones is 1. The Kier molecular flexibility index (Phi) is 5.60. The smallest absolute Gasteiger partial charge is 0.251 e. The number of methoxy groups -OCH3 is 2. The first-order valence-electron chi connectivity index (χ1n) is 8.89. The van der Waals surface area contributed by atoms with E-state index in [1.165, 1.54) is 13.0 Å². The lowest BCUT2D eigenvalue weighted by atomic mass is 9.98. The van der Waals surface area contributed by atoms with E-state index in [0.717, 1.165) is 29.7 Å². The maximum Gasteiger partial charge on any atom is 0.251 e. The number of Topliss-reactive ketones (excluding diaryl/α,β-unsaturated/α-hetero) is 1. The predicted octanol–water partition coefficient (Wildman–Crippen LogP) is 3.90. The summed E-state index contributed by atoms with van der Waals surface area (Å²) in [5, 5.41) is 0. The van der Waals surface area contributed by atoms with Crippen molar-refractivity contribution in [1.82, 2.24) is 0 Å². The molecule has 5 heteroatoms. The summed E-state index contributed by atoms with van der Waals surface area (Å²) in [5.41, 5.74) is 3.29. The number of anilines is 1. The molecule has 0 aliphatic carbocycles. The zero-order valence-corrected chi connectivity index (χ0v) is 15.8. The molecule has 27 heavy (non-hydrogen) atoms. The first-order valence-corrected chi connectivity index (χ1v) is 8.89. The summed E-state index contributed by atoms with van der Waals surface area (Å²) in [6.07, 6.45) is 5.07. The van der Waals surface area contributed by atoms with Gasteiger partial charge in [-0.05, 0) is 55.7 Å². The van der Waals surface area contributed by atoms with Crippen LogP contribution >= 0.6 is 0 Å². The van der Waals surface area contributed by atoms with Gasteiger partial charge in [0.25, 0.3) is 5.91 Å². The minimum atomic E-state index is -0.124. The van der Waals surface area contributed by atoms with Crippen molar-refractivity contribution in [3.05, 3.63) is 59.2 Å². The first kappa shape index (κ1) is 18.7. The normalized spacial score (nSPS) is 13.4. The molecule has 0 saturated heterocycles. The lowest BCUT2D eigenvalue weighted by Gasteiger charge is -2.29. The monoisotopic (exact) mass is 365 g/mol. The molecule has 2 aromatic carbocycles. The number of rotatable bonds is 5. The Morgan fingerprint density at radius 1 is 1.07 bits per heavy atom. The molecule has 0 N–H and O–H groups in total. The Labute approximate surface area is 159 Å². The number of hydrogen-bond acceptors (Lipinski definition) is 4. The van der Waals surface area contributed by atoms with Gasteiger partial charge in [-0.25, -0.2) is 0 Å². The van der Waals surface area contributed by atoms with Gasteiger partial charge in [0.05, 0.1) is 14.2 Å². The highest BCUT2D eigenvalue weighted by molar-refractivity contribution is 6.05.